The Kier molecular flexibility index (Phi) is 7.93. The molecular weight excluding hydrogens is 548 g/mol. The molecule has 1 aromatic carbocycles. The number of fused-ring (bicyclic) bond motifs is 1. The van der Waals surface area contributed by atoms with Gasteiger partial charge in [0.1, 0.15) is 11.3 Å². The van der Waals surface area contributed by atoms with Crippen molar-refractivity contribution in [1.29, 1.82) is 0 Å². The number of para-hydroxylation sites is 1. The van der Waals surface area contributed by atoms with E-state index >= 15 is 0 Å². The fraction of sp³-hybridized carbons (Fsp3) is 0.481. The second-order valence-electron chi connectivity index (χ2n) is 10.3. The second-order valence-corrected chi connectivity index (χ2v) is 10.3. The van der Waals surface area contributed by atoms with Crippen LogP contribution in [0.5, 0.6) is 5.75 Å². The van der Waals surface area contributed by atoms with Gasteiger partial charge in [-0.2, -0.15) is 15.0 Å². The standard InChI is InChI=1S/C27H33F2N11O2/c1-37-9-7-18(8-10-37)38(2)25-30-15-17(16-31-25)32-24-34-26(39-11-13-42-14-12-39)36-27(35-24)40-19-5-4-6-20(41-3)21(19)33-23(40)22(28)29/h4-6,15-16,18,22H,7-14H2,1-3H3,(H,32,34,35,36). The van der Waals surface area contributed by atoms with Crippen LogP contribution in [0.3, 0.4) is 0 Å². The molecule has 1 N–H and O–H groups in total. The fourth-order valence-electron chi connectivity index (χ4n) is 5.27. The van der Waals surface area contributed by atoms with Crippen molar-refractivity contribution in [2.24, 2.45) is 0 Å². The SMILES string of the molecule is COc1cccc2c1nc(C(F)F)n2-c1nc(Nc2cnc(N(C)C3CCN(C)CC3)nc2)nc(N2CCOCC2)n1. The number of anilines is 4. The van der Waals surface area contributed by atoms with Crippen LogP contribution in [0.25, 0.3) is 17.0 Å². The number of ether oxygens (including phenoxy) is 2. The molecule has 0 bridgehead atoms. The lowest BCUT2D eigenvalue weighted by Gasteiger charge is -2.35. The monoisotopic (exact) mass is 581 g/mol. The Morgan fingerprint density at radius 2 is 1.71 bits per heavy atom. The molecule has 2 aliphatic heterocycles. The average molecular weight is 582 g/mol. The molecule has 0 radical (unpaired) electrons. The highest BCUT2D eigenvalue weighted by Crippen LogP contribution is 2.32. The number of halogens is 2. The molecule has 6 rings (SSSR count). The maximum absolute atomic E-state index is 14.3. The Hall–Kier alpha value is -4.24. The number of alkyl halides is 2. The van der Waals surface area contributed by atoms with Crippen LogP contribution in [-0.2, 0) is 4.74 Å². The zero-order valence-electron chi connectivity index (χ0n) is 23.7. The van der Waals surface area contributed by atoms with Crippen molar-refractivity contribution in [2.75, 3.05) is 75.7 Å². The molecule has 0 aliphatic carbocycles. The first-order valence-electron chi connectivity index (χ1n) is 13.8. The molecule has 0 unspecified atom stereocenters. The lowest BCUT2D eigenvalue weighted by Crippen LogP contribution is -2.42. The van der Waals surface area contributed by atoms with Gasteiger partial charge in [0.25, 0.3) is 6.43 Å². The van der Waals surface area contributed by atoms with Crippen LogP contribution in [-0.4, -0.2) is 106 Å². The van der Waals surface area contributed by atoms with Crippen molar-refractivity contribution in [3.63, 3.8) is 0 Å². The molecule has 13 nitrogen and oxygen atoms in total. The van der Waals surface area contributed by atoms with E-state index in [2.05, 4.69) is 52.1 Å². The molecule has 0 saturated carbocycles. The number of hydrogen-bond donors (Lipinski definition) is 1. The van der Waals surface area contributed by atoms with E-state index in [9.17, 15) is 8.78 Å². The van der Waals surface area contributed by atoms with Crippen LogP contribution < -0.4 is 19.9 Å². The maximum Gasteiger partial charge on any atom is 0.296 e. The number of nitrogens with zero attached hydrogens (tertiary/aromatic N) is 10. The first kappa shape index (κ1) is 27.9. The van der Waals surface area contributed by atoms with Crippen molar-refractivity contribution in [3.05, 3.63) is 36.4 Å². The lowest BCUT2D eigenvalue weighted by atomic mass is 10.0. The van der Waals surface area contributed by atoms with Gasteiger partial charge in [0.05, 0.1) is 43.9 Å². The van der Waals surface area contributed by atoms with E-state index < -0.39 is 12.2 Å². The summed E-state index contributed by atoms with van der Waals surface area (Å²) in [6.07, 6.45) is 2.53. The molecule has 0 amide bonds. The summed E-state index contributed by atoms with van der Waals surface area (Å²) in [6.45, 7) is 4.16. The molecule has 3 aromatic heterocycles. The van der Waals surface area contributed by atoms with Crippen LogP contribution in [0, 0.1) is 0 Å². The Balaban J connectivity index is 1.35. The molecule has 2 aliphatic rings. The van der Waals surface area contributed by atoms with Crippen LogP contribution in [0.2, 0.25) is 0 Å². The number of likely N-dealkylation sites (tertiary alicyclic amines) is 1. The zero-order valence-corrected chi connectivity index (χ0v) is 23.7. The average Bonchev–Trinajstić information content (AvgIpc) is 3.42. The van der Waals surface area contributed by atoms with Gasteiger partial charge in [-0.05, 0) is 45.1 Å². The van der Waals surface area contributed by atoms with E-state index in [1.54, 1.807) is 30.6 Å². The summed E-state index contributed by atoms with van der Waals surface area (Å²) in [6, 6.07) is 5.42. The lowest BCUT2D eigenvalue weighted by molar-refractivity contribution is 0.122. The van der Waals surface area contributed by atoms with Gasteiger partial charge in [0, 0.05) is 26.2 Å². The molecule has 42 heavy (non-hydrogen) atoms. The van der Waals surface area contributed by atoms with E-state index in [0.29, 0.717) is 61.2 Å². The third-order valence-corrected chi connectivity index (χ3v) is 7.64. The topological polar surface area (TPSA) is 122 Å². The molecule has 2 fully saturated rings. The third-order valence-electron chi connectivity index (χ3n) is 7.64. The number of morpholine rings is 1. The number of nitrogens with one attached hydrogen (secondary N) is 1. The summed E-state index contributed by atoms with van der Waals surface area (Å²) in [5, 5.41) is 3.14. The zero-order chi connectivity index (χ0) is 29.2. The Morgan fingerprint density at radius 3 is 2.40 bits per heavy atom. The number of rotatable bonds is 8. The van der Waals surface area contributed by atoms with Gasteiger partial charge in [0.15, 0.2) is 5.82 Å². The molecule has 2 saturated heterocycles. The summed E-state index contributed by atoms with van der Waals surface area (Å²) in [7, 11) is 5.61. The molecule has 0 atom stereocenters. The van der Waals surface area contributed by atoms with Gasteiger partial charge in [-0.3, -0.25) is 4.57 Å². The van der Waals surface area contributed by atoms with E-state index in [0.717, 1.165) is 25.9 Å². The summed E-state index contributed by atoms with van der Waals surface area (Å²) in [5.74, 6) is 0.989. The van der Waals surface area contributed by atoms with Crippen LogP contribution >= 0.6 is 0 Å². The summed E-state index contributed by atoms with van der Waals surface area (Å²) >= 11 is 0. The van der Waals surface area contributed by atoms with Crippen molar-refractivity contribution in [2.45, 2.75) is 25.3 Å². The highest BCUT2D eigenvalue weighted by Gasteiger charge is 2.26. The first-order valence-corrected chi connectivity index (χ1v) is 13.8. The number of hydrogen-bond acceptors (Lipinski definition) is 12. The fourth-order valence-corrected chi connectivity index (χ4v) is 5.27. The summed E-state index contributed by atoms with van der Waals surface area (Å²) in [5.41, 5.74) is 1.22. The smallest absolute Gasteiger partial charge is 0.296 e. The number of piperidine rings is 1. The maximum atomic E-state index is 14.3. The Labute approximate surface area is 241 Å². The quantitative estimate of drug-likeness (QED) is 0.329. The van der Waals surface area contributed by atoms with Crippen molar-refractivity contribution in [3.8, 4) is 11.7 Å². The van der Waals surface area contributed by atoms with Gasteiger partial charge in [0.2, 0.25) is 23.8 Å². The molecular formula is C27H33F2N11O2. The molecule has 222 valence electrons. The molecule has 5 heterocycles. The van der Waals surface area contributed by atoms with Crippen molar-refractivity contribution in [1.82, 2.24) is 39.4 Å². The van der Waals surface area contributed by atoms with E-state index in [-0.39, 0.29) is 17.4 Å². The third kappa shape index (κ3) is 5.61. The number of methoxy groups -OCH3 is 1. The van der Waals surface area contributed by atoms with E-state index in [1.165, 1.54) is 11.7 Å². The number of aromatic nitrogens is 7. The minimum absolute atomic E-state index is 0.000386. The number of benzene rings is 1. The highest BCUT2D eigenvalue weighted by atomic mass is 19.3. The molecule has 4 aromatic rings. The minimum Gasteiger partial charge on any atom is -0.494 e. The van der Waals surface area contributed by atoms with E-state index in [1.807, 2.05) is 11.9 Å². The van der Waals surface area contributed by atoms with Crippen LogP contribution in [0.15, 0.2) is 30.6 Å². The Morgan fingerprint density at radius 1 is 1.00 bits per heavy atom. The minimum atomic E-state index is -2.88. The Bertz CT molecular complexity index is 1520. The van der Waals surface area contributed by atoms with Gasteiger partial charge in [-0.15, -0.1) is 0 Å². The van der Waals surface area contributed by atoms with Crippen LogP contribution in [0.4, 0.5) is 32.3 Å². The number of imidazole rings is 1. The molecule has 15 heteroatoms. The summed E-state index contributed by atoms with van der Waals surface area (Å²) < 4.78 is 40.7. The van der Waals surface area contributed by atoms with Gasteiger partial charge in [-0.25, -0.2) is 23.7 Å². The first-order chi connectivity index (χ1) is 20.4. The largest absolute Gasteiger partial charge is 0.494 e. The van der Waals surface area contributed by atoms with Gasteiger partial charge in [-0.1, -0.05) is 6.07 Å². The van der Waals surface area contributed by atoms with Crippen LogP contribution in [0.1, 0.15) is 25.1 Å². The predicted molar refractivity (Wildman–Crippen MR) is 153 cm³/mol. The van der Waals surface area contributed by atoms with E-state index in [4.69, 9.17) is 9.47 Å². The summed E-state index contributed by atoms with van der Waals surface area (Å²) in [4.78, 5) is 33.4. The highest BCUT2D eigenvalue weighted by molar-refractivity contribution is 5.84. The van der Waals surface area contributed by atoms with Gasteiger partial charge >= 0.3 is 0 Å². The normalized spacial score (nSPS) is 16.8. The predicted octanol–water partition coefficient (Wildman–Crippen LogP) is 3.06. The van der Waals surface area contributed by atoms with Crippen molar-refractivity contribution < 1.29 is 18.3 Å². The molecule has 0 spiro atoms. The second kappa shape index (κ2) is 11.9. The van der Waals surface area contributed by atoms with Crippen molar-refractivity contribution >= 4 is 34.6 Å². The van der Waals surface area contributed by atoms with Gasteiger partial charge < -0.3 is 29.5 Å².